The summed E-state index contributed by atoms with van der Waals surface area (Å²) >= 11 is 0. The molecule has 1 amide bonds. The van der Waals surface area contributed by atoms with Crippen LogP contribution < -0.4 is 10.1 Å². The molecule has 12 nitrogen and oxygen atoms in total. The van der Waals surface area contributed by atoms with Gasteiger partial charge in [0.05, 0.1) is 6.26 Å². The highest BCUT2D eigenvalue weighted by Crippen LogP contribution is 2.29. The number of carbonyl (C=O) groups excluding carboxylic acids is 5. The number of allylic oxidation sites excluding steroid dienone is 1. The zero-order valence-corrected chi connectivity index (χ0v) is 21.8. The number of carbonyl (C=O) groups is 5. The summed E-state index contributed by atoms with van der Waals surface area (Å²) in [7, 11) is 0. The molecule has 0 radical (unpaired) electrons. The van der Waals surface area contributed by atoms with E-state index in [1.807, 2.05) is 0 Å². The van der Waals surface area contributed by atoms with Crippen LogP contribution in [0, 0.1) is 0 Å². The van der Waals surface area contributed by atoms with Crippen molar-refractivity contribution in [1.82, 2.24) is 5.32 Å². The third kappa shape index (κ3) is 8.54. The predicted molar refractivity (Wildman–Crippen MR) is 133 cm³/mol. The van der Waals surface area contributed by atoms with Gasteiger partial charge in [-0.2, -0.15) is 0 Å². The number of benzene rings is 1. The summed E-state index contributed by atoms with van der Waals surface area (Å²) in [6.07, 6.45) is -0.459. The van der Waals surface area contributed by atoms with Gasteiger partial charge in [-0.3, -0.25) is 24.0 Å². The molecule has 0 unspecified atom stereocenters. The maximum absolute atomic E-state index is 12.5. The summed E-state index contributed by atoms with van der Waals surface area (Å²) in [5.41, 5.74) is 0.369. The second-order valence-corrected chi connectivity index (χ2v) is 8.58. The Balaban J connectivity index is 1.86. The number of nitrogens with one attached hydrogen (secondary N) is 1. The molecule has 39 heavy (non-hydrogen) atoms. The average molecular weight is 544 g/mol. The molecule has 1 aliphatic heterocycles. The molecule has 1 N–H and O–H groups in total. The Kier molecular flexibility index (Phi) is 9.98. The lowest BCUT2D eigenvalue weighted by Crippen LogP contribution is -2.67. The van der Waals surface area contributed by atoms with Gasteiger partial charge in [0.2, 0.25) is 12.2 Å². The highest BCUT2D eigenvalue weighted by Gasteiger charge is 2.51. The summed E-state index contributed by atoms with van der Waals surface area (Å²) in [6.45, 7) is 4.37. The maximum Gasteiger partial charge on any atom is 0.303 e. The Labute approximate surface area is 224 Å². The highest BCUT2D eigenvalue weighted by molar-refractivity contribution is 6.06. The van der Waals surface area contributed by atoms with Crippen LogP contribution in [0.1, 0.15) is 43.8 Å². The van der Waals surface area contributed by atoms with Crippen LogP contribution in [0.25, 0.3) is 6.08 Å². The monoisotopic (exact) mass is 543 g/mol. The largest absolute Gasteiger partial charge is 0.465 e. The molecule has 2 heterocycles. The predicted octanol–water partition coefficient (Wildman–Crippen LogP) is 2.21. The van der Waals surface area contributed by atoms with Crippen molar-refractivity contribution in [3.05, 3.63) is 60.1 Å². The zero-order chi connectivity index (χ0) is 28.5. The number of rotatable bonds is 10. The van der Waals surface area contributed by atoms with Gasteiger partial charge in [-0.25, -0.2) is 0 Å². The van der Waals surface area contributed by atoms with Crippen molar-refractivity contribution in [2.24, 2.45) is 0 Å². The molecule has 1 saturated heterocycles. The summed E-state index contributed by atoms with van der Waals surface area (Å²) in [5, 5.41) is 2.62. The second-order valence-electron chi connectivity index (χ2n) is 8.58. The smallest absolute Gasteiger partial charge is 0.303 e. The molecule has 0 aliphatic carbocycles. The minimum Gasteiger partial charge on any atom is -0.465 e. The number of esters is 3. The molecular weight excluding hydrogens is 514 g/mol. The van der Waals surface area contributed by atoms with Crippen LogP contribution in [0.2, 0.25) is 0 Å². The number of hydrogen-bond acceptors (Lipinski definition) is 11. The third-order valence-electron chi connectivity index (χ3n) is 5.40. The first-order valence-electron chi connectivity index (χ1n) is 12.0. The van der Waals surface area contributed by atoms with Gasteiger partial charge in [0, 0.05) is 33.3 Å². The fourth-order valence-corrected chi connectivity index (χ4v) is 3.86. The van der Waals surface area contributed by atoms with Crippen molar-refractivity contribution in [2.75, 3.05) is 6.61 Å². The van der Waals surface area contributed by atoms with Crippen LogP contribution in [0.15, 0.2) is 53.2 Å². The molecule has 1 aromatic carbocycles. The highest BCUT2D eigenvalue weighted by atomic mass is 16.7. The van der Waals surface area contributed by atoms with Crippen LogP contribution >= 0.6 is 0 Å². The zero-order valence-electron chi connectivity index (χ0n) is 21.8. The molecule has 0 saturated carbocycles. The molecule has 0 spiro atoms. The number of furan rings is 1. The van der Waals surface area contributed by atoms with Gasteiger partial charge in [-0.1, -0.05) is 0 Å². The second kappa shape index (κ2) is 13.4. The number of ether oxygens (including phenoxy) is 5. The van der Waals surface area contributed by atoms with Gasteiger partial charge in [0.15, 0.2) is 18.0 Å². The van der Waals surface area contributed by atoms with Gasteiger partial charge in [0.1, 0.15) is 30.3 Å². The quantitative estimate of drug-likeness (QED) is 0.203. The lowest BCUT2D eigenvalue weighted by Gasteiger charge is -2.44. The van der Waals surface area contributed by atoms with Gasteiger partial charge >= 0.3 is 17.9 Å². The van der Waals surface area contributed by atoms with Crippen molar-refractivity contribution in [2.45, 2.75) is 58.3 Å². The molecule has 1 aliphatic rings. The Bertz CT molecular complexity index is 1200. The van der Waals surface area contributed by atoms with E-state index >= 15 is 0 Å². The van der Waals surface area contributed by atoms with Crippen molar-refractivity contribution in [1.29, 1.82) is 0 Å². The third-order valence-corrected chi connectivity index (χ3v) is 5.40. The van der Waals surface area contributed by atoms with E-state index in [2.05, 4.69) is 5.32 Å². The van der Waals surface area contributed by atoms with E-state index in [-0.39, 0.29) is 18.1 Å². The van der Waals surface area contributed by atoms with E-state index in [1.54, 1.807) is 18.2 Å². The van der Waals surface area contributed by atoms with Crippen molar-refractivity contribution < 1.29 is 52.1 Å². The van der Waals surface area contributed by atoms with Crippen LogP contribution in [0.5, 0.6) is 5.75 Å². The van der Waals surface area contributed by atoms with Gasteiger partial charge < -0.3 is 33.4 Å². The standard InChI is InChI=1S/C27H29NO11/c1-15(29)28-24-26(37-18(4)32)25(36-17(3)31)23(14-35-16(2)30)39-27(24)38-21-9-7-19(8-10-21)22(33)12-11-20-6-5-13-34-20/h5-13,23-27H,14H2,1-4H3,(H,28,29)/t23-,24-,25-,26-,27-/m1/s1. The van der Waals surface area contributed by atoms with Crippen LogP contribution in [-0.4, -0.2) is 66.8 Å². The molecule has 1 aromatic heterocycles. The SMILES string of the molecule is CC(=O)N[C@H]1[C@H](Oc2ccc(C(=O)C=Cc3ccco3)cc2)O[C@H](COC(C)=O)[C@@H](OC(C)=O)[C@@H]1OC(C)=O. The van der Waals surface area contributed by atoms with Crippen molar-refractivity contribution in [3.8, 4) is 5.75 Å². The van der Waals surface area contributed by atoms with Crippen molar-refractivity contribution in [3.63, 3.8) is 0 Å². The topological polar surface area (TPSA) is 157 Å². The minimum atomic E-state index is -1.27. The summed E-state index contributed by atoms with van der Waals surface area (Å²) in [5.74, 6) is -2.05. The maximum atomic E-state index is 12.5. The Morgan fingerprint density at radius 3 is 2.13 bits per heavy atom. The van der Waals surface area contributed by atoms with Gasteiger partial charge in [-0.15, -0.1) is 0 Å². The molecule has 5 atom stereocenters. The summed E-state index contributed by atoms with van der Waals surface area (Å²) in [4.78, 5) is 59.8. The fraction of sp³-hybridized carbons (Fsp3) is 0.370. The first-order valence-corrected chi connectivity index (χ1v) is 12.0. The van der Waals surface area contributed by atoms with Crippen molar-refractivity contribution >= 4 is 35.7 Å². The summed E-state index contributed by atoms with van der Waals surface area (Å²) in [6, 6.07) is 8.38. The van der Waals surface area contributed by atoms with E-state index in [1.165, 1.54) is 50.5 Å². The Hall–Kier alpha value is -4.45. The number of amides is 1. The number of ketones is 1. The minimum absolute atomic E-state index is 0.251. The van der Waals surface area contributed by atoms with E-state index < -0.39 is 54.5 Å². The first-order chi connectivity index (χ1) is 18.5. The molecule has 208 valence electrons. The Morgan fingerprint density at radius 1 is 0.897 bits per heavy atom. The Morgan fingerprint density at radius 2 is 1.56 bits per heavy atom. The van der Waals surface area contributed by atoms with E-state index in [0.29, 0.717) is 11.3 Å². The molecule has 2 aromatic rings. The average Bonchev–Trinajstić information content (AvgIpc) is 3.38. The van der Waals surface area contributed by atoms with E-state index in [0.717, 1.165) is 13.8 Å². The van der Waals surface area contributed by atoms with Gasteiger partial charge in [0.25, 0.3) is 0 Å². The first kappa shape index (κ1) is 29.1. The molecule has 12 heteroatoms. The summed E-state index contributed by atoms with van der Waals surface area (Å²) < 4.78 is 33.0. The van der Waals surface area contributed by atoms with Crippen LogP contribution in [-0.2, 0) is 38.1 Å². The van der Waals surface area contributed by atoms with Crippen LogP contribution in [0.4, 0.5) is 0 Å². The van der Waals surface area contributed by atoms with Crippen LogP contribution in [0.3, 0.4) is 0 Å². The molecule has 1 fully saturated rings. The molecule has 3 rings (SSSR count). The molecule has 0 bridgehead atoms. The number of hydrogen-bond donors (Lipinski definition) is 1. The van der Waals surface area contributed by atoms with Gasteiger partial charge in [-0.05, 0) is 48.6 Å². The lowest BCUT2D eigenvalue weighted by molar-refractivity contribution is -0.257. The van der Waals surface area contributed by atoms with E-state index in [9.17, 15) is 24.0 Å². The molecular formula is C27H29NO11. The normalized spacial score (nSPS) is 22.5. The van der Waals surface area contributed by atoms with E-state index in [4.69, 9.17) is 28.1 Å². The lowest BCUT2D eigenvalue weighted by atomic mass is 9.96. The fourth-order valence-electron chi connectivity index (χ4n) is 3.86.